The summed E-state index contributed by atoms with van der Waals surface area (Å²) in [4.78, 5) is 4.10. The molecule has 1 atom stereocenters. The Balaban J connectivity index is 2.51. The van der Waals surface area contributed by atoms with Crippen LogP contribution in [0.15, 0.2) is 24.4 Å². The fourth-order valence-electron chi connectivity index (χ4n) is 0.760. The highest BCUT2D eigenvalue weighted by Crippen LogP contribution is 2.00. The van der Waals surface area contributed by atoms with Crippen molar-refractivity contribution >= 4 is 5.82 Å². The third-order valence-corrected chi connectivity index (χ3v) is 1.41. The van der Waals surface area contributed by atoms with Crippen LogP contribution >= 0.6 is 0 Å². The summed E-state index contributed by atoms with van der Waals surface area (Å²) in [5.41, 5.74) is 5.43. The third kappa shape index (κ3) is 2.55. The van der Waals surface area contributed by atoms with E-state index in [-0.39, 0.29) is 6.04 Å². The van der Waals surface area contributed by atoms with Gasteiger partial charge in [-0.05, 0) is 19.1 Å². The molecular formula is C8H13N3. The number of anilines is 1. The zero-order chi connectivity index (χ0) is 8.10. The molecule has 3 heteroatoms. The first-order valence-electron chi connectivity index (χ1n) is 3.70. The van der Waals surface area contributed by atoms with E-state index < -0.39 is 0 Å². The molecule has 1 rings (SSSR count). The Kier molecular flexibility index (Phi) is 2.86. The van der Waals surface area contributed by atoms with E-state index in [0.29, 0.717) is 6.54 Å². The van der Waals surface area contributed by atoms with Crippen molar-refractivity contribution in [3.05, 3.63) is 24.4 Å². The van der Waals surface area contributed by atoms with Crippen LogP contribution in [0.3, 0.4) is 0 Å². The van der Waals surface area contributed by atoms with Crippen molar-refractivity contribution in [1.29, 1.82) is 0 Å². The second kappa shape index (κ2) is 3.93. The van der Waals surface area contributed by atoms with Crippen LogP contribution in [0.4, 0.5) is 5.82 Å². The van der Waals surface area contributed by atoms with E-state index >= 15 is 0 Å². The highest BCUT2D eigenvalue weighted by molar-refractivity contribution is 5.34. The number of hydrogen-bond donors (Lipinski definition) is 2. The lowest BCUT2D eigenvalue weighted by Gasteiger charge is -2.10. The predicted molar refractivity (Wildman–Crippen MR) is 46.4 cm³/mol. The summed E-state index contributed by atoms with van der Waals surface area (Å²) < 4.78 is 0. The Morgan fingerprint density at radius 3 is 3.00 bits per heavy atom. The lowest BCUT2D eigenvalue weighted by molar-refractivity contribution is 0.798. The van der Waals surface area contributed by atoms with Gasteiger partial charge in [-0.2, -0.15) is 0 Å². The first-order chi connectivity index (χ1) is 5.33. The molecule has 3 N–H and O–H groups in total. The number of aromatic nitrogens is 1. The van der Waals surface area contributed by atoms with Gasteiger partial charge in [-0.1, -0.05) is 6.07 Å². The van der Waals surface area contributed by atoms with Gasteiger partial charge in [0.2, 0.25) is 0 Å². The molecule has 0 saturated heterocycles. The lowest BCUT2D eigenvalue weighted by atomic mass is 10.3. The molecule has 0 aromatic carbocycles. The number of nitrogens with zero attached hydrogens (tertiary/aromatic N) is 1. The summed E-state index contributed by atoms with van der Waals surface area (Å²) in [7, 11) is 0. The van der Waals surface area contributed by atoms with E-state index in [9.17, 15) is 0 Å². The van der Waals surface area contributed by atoms with Crippen LogP contribution < -0.4 is 11.1 Å². The van der Waals surface area contributed by atoms with Gasteiger partial charge < -0.3 is 11.1 Å². The van der Waals surface area contributed by atoms with E-state index in [4.69, 9.17) is 5.73 Å². The zero-order valence-corrected chi connectivity index (χ0v) is 6.62. The van der Waals surface area contributed by atoms with Crippen molar-refractivity contribution in [2.75, 3.05) is 11.9 Å². The second-order valence-corrected chi connectivity index (χ2v) is 2.50. The molecule has 0 spiro atoms. The Morgan fingerprint density at radius 2 is 2.45 bits per heavy atom. The molecule has 0 bridgehead atoms. The van der Waals surface area contributed by atoms with Crippen molar-refractivity contribution in [2.45, 2.75) is 13.0 Å². The molecule has 0 aliphatic carbocycles. The minimum Gasteiger partial charge on any atom is -0.366 e. The summed E-state index contributed by atoms with van der Waals surface area (Å²) in [5, 5.41) is 3.16. The van der Waals surface area contributed by atoms with Crippen LogP contribution in [0.25, 0.3) is 0 Å². The molecule has 1 aromatic heterocycles. The molecule has 1 heterocycles. The van der Waals surface area contributed by atoms with Gasteiger partial charge in [0.25, 0.3) is 0 Å². The van der Waals surface area contributed by atoms with Crippen molar-refractivity contribution in [3.63, 3.8) is 0 Å². The highest BCUT2D eigenvalue weighted by atomic mass is 15.0. The number of nitrogens with one attached hydrogen (secondary N) is 1. The quantitative estimate of drug-likeness (QED) is 0.673. The molecule has 0 aliphatic rings. The smallest absolute Gasteiger partial charge is 0.126 e. The van der Waals surface area contributed by atoms with Gasteiger partial charge in [0.05, 0.1) is 0 Å². The number of hydrogen-bond acceptors (Lipinski definition) is 3. The molecular weight excluding hydrogens is 138 g/mol. The van der Waals surface area contributed by atoms with E-state index in [2.05, 4.69) is 10.3 Å². The second-order valence-electron chi connectivity index (χ2n) is 2.50. The zero-order valence-electron chi connectivity index (χ0n) is 6.62. The van der Waals surface area contributed by atoms with Crippen LogP contribution in [0.5, 0.6) is 0 Å². The van der Waals surface area contributed by atoms with Crippen molar-refractivity contribution in [2.24, 2.45) is 5.73 Å². The molecule has 11 heavy (non-hydrogen) atoms. The molecule has 0 radical (unpaired) electrons. The summed E-state index contributed by atoms with van der Waals surface area (Å²) in [6.45, 7) is 2.64. The normalized spacial score (nSPS) is 12.5. The Morgan fingerprint density at radius 1 is 1.64 bits per heavy atom. The molecule has 0 amide bonds. The van der Waals surface area contributed by atoms with Crippen LogP contribution in [0, 0.1) is 0 Å². The van der Waals surface area contributed by atoms with Gasteiger partial charge in [0, 0.05) is 18.8 Å². The molecule has 0 saturated carbocycles. The van der Waals surface area contributed by atoms with Crippen LogP contribution in [0.1, 0.15) is 6.92 Å². The fraction of sp³-hybridized carbons (Fsp3) is 0.375. The molecule has 60 valence electrons. The topological polar surface area (TPSA) is 50.9 Å². The van der Waals surface area contributed by atoms with E-state index in [1.54, 1.807) is 6.20 Å². The predicted octanol–water partition coefficient (Wildman–Crippen LogP) is 0.841. The monoisotopic (exact) mass is 151 g/mol. The number of nitrogens with two attached hydrogens (primary N) is 1. The summed E-state index contributed by atoms with van der Waals surface area (Å²) in [6.07, 6.45) is 1.76. The van der Waals surface area contributed by atoms with Crippen LogP contribution in [0.2, 0.25) is 0 Å². The SMILES string of the molecule is CC(CN)Nc1ccccn1. The maximum absolute atomic E-state index is 5.43. The van der Waals surface area contributed by atoms with E-state index in [1.807, 2.05) is 25.1 Å². The standard InChI is InChI=1S/C8H13N3/c1-7(6-9)11-8-4-2-3-5-10-8/h2-5,7H,6,9H2,1H3,(H,10,11). The minimum absolute atomic E-state index is 0.282. The van der Waals surface area contributed by atoms with Crippen molar-refractivity contribution < 1.29 is 0 Å². The van der Waals surface area contributed by atoms with Gasteiger partial charge in [0.1, 0.15) is 5.82 Å². The van der Waals surface area contributed by atoms with E-state index in [0.717, 1.165) is 5.82 Å². The van der Waals surface area contributed by atoms with Crippen LogP contribution in [-0.4, -0.2) is 17.6 Å². The Labute approximate surface area is 66.6 Å². The average molecular weight is 151 g/mol. The largest absolute Gasteiger partial charge is 0.366 e. The maximum Gasteiger partial charge on any atom is 0.126 e. The lowest BCUT2D eigenvalue weighted by Crippen LogP contribution is -2.25. The highest BCUT2D eigenvalue weighted by Gasteiger charge is 1.97. The van der Waals surface area contributed by atoms with Crippen molar-refractivity contribution in [1.82, 2.24) is 4.98 Å². The molecule has 3 nitrogen and oxygen atoms in total. The van der Waals surface area contributed by atoms with Crippen molar-refractivity contribution in [3.8, 4) is 0 Å². The third-order valence-electron chi connectivity index (χ3n) is 1.41. The van der Waals surface area contributed by atoms with Gasteiger partial charge in [-0.25, -0.2) is 4.98 Å². The minimum atomic E-state index is 0.282. The molecule has 0 fully saturated rings. The number of pyridine rings is 1. The van der Waals surface area contributed by atoms with Gasteiger partial charge >= 0.3 is 0 Å². The first-order valence-corrected chi connectivity index (χ1v) is 3.70. The fourth-order valence-corrected chi connectivity index (χ4v) is 0.760. The Bertz CT molecular complexity index is 198. The average Bonchev–Trinajstić information content (AvgIpc) is 2.06. The molecule has 1 aromatic rings. The number of rotatable bonds is 3. The maximum atomic E-state index is 5.43. The summed E-state index contributed by atoms with van der Waals surface area (Å²) in [6, 6.07) is 6.04. The summed E-state index contributed by atoms with van der Waals surface area (Å²) in [5.74, 6) is 0.880. The van der Waals surface area contributed by atoms with E-state index in [1.165, 1.54) is 0 Å². The van der Waals surface area contributed by atoms with Gasteiger partial charge in [0.15, 0.2) is 0 Å². The Hall–Kier alpha value is -1.09. The molecule has 0 aliphatic heterocycles. The van der Waals surface area contributed by atoms with Gasteiger partial charge in [-0.15, -0.1) is 0 Å². The molecule has 1 unspecified atom stereocenters. The summed E-state index contributed by atoms with van der Waals surface area (Å²) >= 11 is 0. The van der Waals surface area contributed by atoms with Gasteiger partial charge in [-0.3, -0.25) is 0 Å². The first kappa shape index (κ1) is 8.01. The van der Waals surface area contributed by atoms with Crippen LogP contribution in [-0.2, 0) is 0 Å².